The van der Waals surface area contributed by atoms with Crippen LogP contribution in [0.1, 0.15) is 48.4 Å². The molecule has 154 valence electrons. The van der Waals surface area contributed by atoms with Crippen LogP contribution in [0.4, 0.5) is 0 Å². The third kappa shape index (κ3) is 3.47. The molecule has 0 spiro atoms. The lowest BCUT2D eigenvalue weighted by atomic mass is 9.64. The average molecular weight is 410 g/mol. The Hall–Kier alpha value is -1.91. The first-order chi connectivity index (χ1) is 13.7. The molecule has 2 aromatic carbocycles. The van der Waals surface area contributed by atoms with Crippen LogP contribution in [0.2, 0.25) is 0 Å². The van der Waals surface area contributed by atoms with Crippen LogP contribution < -0.4 is 0 Å². The minimum atomic E-state index is -3.57. The maximum atomic E-state index is 13.9. The molecular formula is C25H31NO2S. The summed E-state index contributed by atoms with van der Waals surface area (Å²) < 4.78 is 29.5. The van der Waals surface area contributed by atoms with Gasteiger partial charge >= 0.3 is 0 Å². The van der Waals surface area contributed by atoms with Gasteiger partial charge in [0.15, 0.2) is 0 Å². The Morgan fingerprint density at radius 1 is 0.966 bits per heavy atom. The minimum Gasteiger partial charge on any atom is -0.207 e. The van der Waals surface area contributed by atoms with E-state index in [1.54, 1.807) is 4.31 Å². The molecule has 3 atom stereocenters. The van der Waals surface area contributed by atoms with E-state index in [1.165, 1.54) is 11.1 Å². The van der Waals surface area contributed by atoms with Gasteiger partial charge in [0.2, 0.25) is 10.0 Å². The highest BCUT2D eigenvalue weighted by atomic mass is 32.2. The molecule has 1 saturated carbocycles. The molecule has 0 amide bonds. The van der Waals surface area contributed by atoms with Gasteiger partial charge in [-0.2, -0.15) is 4.31 Å². The summed E-state index contributed by atoms with van der Waals surface area (Å²) in [5.41, 5.74) is 5.53. The molecule has 4 heteroatoms. The van der Waals surface area contributed by atoms with Crippen molar-refractivity contribution in [1.29, 1.82) is 0 Å². The van der Waals surface area contributed by atoms with Crippen LogP contribution in [-0.4, -0.2) is 25.3 Å². The predicted octanol–water partition coefficient (Wildman–Crippen LogP) is 5.37. The van der Waals surface area contributed by atoms with Crippen molar-refractivity contribution >= 4 is 10.0 Å². The fourth-order valence-electron chi connectivity index (χ4n) is 5.22. The minimum absolute atomic E-state index is 0.0805. The van der Waals surface area contributed by atoms with E-state index in [-0.39, 0.29) is 17.9 Å². The van der Waals surface area contributed by atoms with Gasteiger partial charge in [0, 0.05) is 18.5 Å². The lowest BCUT2D eigenvalue weighted by molar-refractivity contribution is 0.203. The normalized spacial score (nSPS) is 24.8. The molecule has 1 fully saturated rings. The highest BCUT2D eigenvalue weighted by Gasteiger charge is 2.46. The van der Waals surface area contributed by atoms with Gasteiger partial charge in [-0.05, 0) is 55.7 Å². The highest BCUT2D eigenvalue weighted by Crippen LogP contribution is 2.51. The van der Waals surface area contributed by atoms with Crippen molar-refractivity contribution < 1.29 is 8.42 Å². The fourth-order valence-corrected chi connectivity index (χ4v) is 7.37. The molecule has 0 bridgehead atoms. The molecule has 3 nitrogen and oxygen atoms in total. The number of aryl methyl sites for hydroxylation is 3. The van der Waals surface area contributed by atoms with Crippen molar-refractivity contribution in [3.8, 4) is 0 Å². The van der Waals surface area contributed by atoms with Crippen LogP contribution in [0.3, 0.4) is 0 Å². The Labute approximate surface area is 175 Å². The van der Waals surface area contributed by atoms with E-state index in [0.717, 1.165) is 23.1 Å². The molecule has 1 aliphatic carbocycles. The lowest BCUT2D eigenvalue weighted by Crippen LogP contribution is -2.52. The zero-order valence-corrected chi connectivity index (χ0v) is 18.8. The van der Waals surface area contributed by atoms with Crippen molar-refractivity contribution in [2.75, 3.05) is 6.54 Å². The molecular weight excluding hydrogens is 378 g/mol. The summed E-state index contributed by atoms with van der Waals surface area (Å²) in [6, 6.07) is 14.4. The molecule has 29 heavy (non-hydrogen) atoms. The third-order valence-electron chi connectivity index (χ3n) is 6.59. The molecule has 1 aliphatic heterocycles. The second-order valence-electron chi connectivity index (χ2n) is 9.11. The van der Waals surface area contributed by atoms with E-state index in [2.05, 4.69) is 44.2 Å². The topological polar surface area (TPSA) is 37.4 Å². The molecule has 1 heterocycles. The van der Waals surface area contributed by atoms with Crippen LogP contribution in [0.15, 0.2) is 59.0 Å². The first-order valence-electron chi connectivity index (χ1n) is 10.6. The van der Waals surface area contributed by atoms with E-state index in [9.17, 15) is 8.42 Å². The van der Waals surface area contributed by atoms with Gasteiger partial charge in [0.25, 0.3) is 0 Å². The maximum absolute atomic E-state index is 13.9. The molecule has 0 radical (unpaired) electrons. The van der Waals surface area contributed by atoms with E-state index >= 15 is 0 Å². The second-order valence-corrected chi connectivity index (χ2v) is 10.9. The Balaban J connectivity index is 1.74. The van der Waals surface area contributed by atoms with E-state index < -0.39 is 10.0 Å². The zero-order valence-electron chi connectivity index (χ0n) is 18.0. The third-order valence-corrected chi connectivity index (χ3v) is 8.76. The Bertz CT molecular complexity index is 1030. The van der Waals surface area contributed by atoms with E-state index in [0.29, 0.717) is 17.4 Å². The van der Waals surface area contributed by atoms with Crippen molar-refractivity contribution in [3.05, 3.63) is 76.4 Å². The maximum Gasteiger partial charge on any atom is 0.244 e. The number of sulfonamides is 1. The summed E-state index contributed by atoms with van der Waals surface area (Å²) in [5, 5.41) is 0. The summed E-state index contributed by atoms with van der Waals surface area (Å²) in [4.78, 5) is 0.487. The number of nitrogens with zero attached hydrogens (tertiary/aromatic N) is 1. The van der Waals surface area contributed by atoms with Crippen molar-refractivity contribution in [2.45, 2.75) is 57.9 Å². The first-order valence-corrected chi connectivity index (χ1v) is 12.0. The Morgan fingerprint density at radius 2 is 1.59 bits per heavy atom. The van der Waals surface area contributed by atoms with Crippen molar-refractivity contribution in [2.24, 2.45) is 11.8 Å². The van der Waals surface area contributed by atoms with Gasteiger partial charge in [0.1, 0.15) is 0 Å². The van der Waals surface area contributed by atoms with E-state index in [4.69, 9.17) is 0 Å². The van der Waals surface area contributed by atoms with Crippen LogP contribution in [-0.2, 0) is 10.0 Å². The molecule has 0 unspecified atom stereocenters. The first kappa shape index (κ1) is 20.4. The molecule has 0 saturated heterocycles. The van der Waals surface area contributed by atoms with Gasteiger partial charge in [-0.25, -0.2) is 8.42 Å². The van der Waals surface area contributed by atoms with Gasteiger partial charge in [-0.1, -0.05) is 73.5 Å². The smallest absolute Gasteiger partial charge is 0.207 e. The molecule has 2 aliphatic rings. The summed E-state index contributed by atoms with van der Waals surface area (Å²) in [7, 11) is -3.57. The van der Waals surface area contributed by atoms with Crippen molar-refractivity contribution in [1.82, 2.24) is 4.31 Å². The zero-order chi connectivity index (χ0) is 20.9. The quantitative estimate of drug-likeness (QED) is 0.637. The summed E-state index contributed by atoms with van der Waals surface area (Å²) >= 11 is 0. The Morgan fingerprint density at radius 3 is 2.17 bits per heavy atom. The monoisotopic (exact) mass is 409 g/mol. The number of benzene rings is 2. The highest BCUT2D eigenvalue weighted by molar-refractivity contribution is 7.89. The van der Waals surface area contributed by atoms with Gasteiger partial charge in [0.05, 0.1) is 4.90 Å². The van der Waals surface area contributed by atoms with Gasteiger partial charge in [-0.3, -0.25) is 0 Å². The number of fused-ring (bicyclic) bond motifs is 1. The van der Waals surface area contributed by atoms with Crippen LogP contribution in [0.5, 0.6) is 0 Å². The van der Waals surface area contributed by atoms with Gasteiger partial charge in [-0.15, -0.1) is 0 Å². The number of rotatable bonds is 4. The summed E-state index contributed by atoms with van der Waals surface area (Å²) in [5.74, 6) is 0.932. The molecule has 0 N–H and O–H groups in total. The number of hydrogen-bond acceptors (Lipinski definition) is 2. The lowest BCUT2D eigenvalue weighted by Gasteiger charge is -2.49. The number of hydrogen-bond donors (Lipinski definition) is 0. The predicted molar refractivity (Wildman–Crippen MR) is 119 cm³/mol. The second kappa shape index (κ2) is 7.41. The molecule has 4 rings (SSSR count). The van der Waals surface area contributed by atoms with Gasteiger partial charge < -0.3 is 0 Å². The summed E-state index contributed by atoms with van der Waals surface area (Å²) in [6.07, 6.45) is 3.29. The van der Waals surface area contributed by atoms with Crippen molar-refractivity contribution in [3.63, 3.8) is 0 Å². The van der Waals surface area contributed by atoms with Crippen LogP contribution >= 0.6 is 0 Å². The van der Waals surface area contributed by atoms with Crippen LogP contribution in [0.25, 0.3) is 0 Å². The molecule has 0 aromatic heterocycles. The molecule has 2 aromatic rings. The standard InChI is InChI=1S/C25H31NO2S/c1-16(2)24-14-21-13-22(20-9-7-6-8-10-20)23(21)15-26(24)29(27,28)25-18(4)11-17(3)12-19(25)5/h6-12,14,16,22-24H,13,15H2,1-5H3/t22-,23-,24+/m0/s1. The summed E-state index contributed by atoms with van der Waals surface area (Å²) in [6.45, 7) is 10.7. The Kier molecular flexibility index (Phi) is 5.20. The average Bonchev–Trinajstić information content (AvgIpc) is 2.61. The van der Waals surface area contributed by atoms with Crippen LogP contribution in [0, 0.1) is 32.6 Å². The fraction of sp³-hybridized carbons (Fsp3) is 0.440. The largest absolute Gasteiger partial charge is 0.244 e. The SMILES string of the molecule is Cc1cc(C)c(S(=O)(=O)N2C[C@H]3C(=C[C@@H]2C(C)C)C[C@H]3c2ccccc2)c(C)c1. The van der Waals surface area contributed by atoms with E-state index in [1.807, 2.05) is 39.0 Å².